The Morgan fingerprint density at radius 3 is 2.87 bits per heavy atom. The fourth-order valence-corrected chi connectivity index (χ4v) is 2.24. The Balaban J connectivity index is 1.62. The molecule has 0 atom stereocenters. The summed E-state index contributed by atoms with van der Waals surface area (Å²) in [5, 5.41) is 10.1. The van der Waals surface area contributed by atoms with Gasteiger partial charge in [0.05, 0.1) is 6.54 Å². The number of aromatic amines is 1. The van der Waals surface area contributed by atoms with E-state index < -0.39 is 0 Å². The molecule has 1 fully saturated rings. The van der Waals surface area contributed by atoms with Gasteiger partial charge >= 0.3 is 0 Å². The third-order valence-corrected chi connectivity index (χ3v) is 3.33. The van der Waals surface area contributed by atoms with Crippen LogP contribution in [0.25, 0.3) is 0 Å². The minimum Gasteiger partial charge on any atom is -0.310 e. The maximum Gasteiger partial charge on any atom is 0.138 e. The highest BCUT2D eigenvalue weighted by molar-refractivity contribution is 4.79. The Hall–Kier alpha value is -0.900. The van der Waals surface area contributed by atoms with E-state index in [-0.39, 0.29) is 0 Å². The molecule has 2 rings (SSSR count). The van der Waals surface area contributed by atoms with Crippen LogP contribution in [0, 0.1) is 11.8 Å². The fourth-order valence-electron chi connectivity index (χ4n) is 2.24. The van der Waals surface area contributed by atoms with Gasteiger partial charge in [-0.1, -0.05) is 19.8 Å². The van der Waals surface area contributed by atoms with Crippen LogP contribution in [-0.4, -0.2) is 21.7 Å². The molecule has 0 aromatic carbocycles. The molecule has 0 aliphatic heterocycles. The third-order valence-electron chi connectivity index (χ3n) is 3.33. The number of H-pyrrole nitrogens is 1. The molecule has 4 heteroatoms. The number of nitrogens with one attached hydrogen (secondary N) is 2. The number of hydrogen-bond donors (Lipinski definition) is 2. The van der Waals surface area contributed by atoms with Crippen molar-refractivity contribution < 1.29 is 0 Å². The van der Waals surface area contributed by atoms with Crippen molar-refractivity contribution in [3.63, 3.8) is 0 Å². The van der Waals surface area contributed by atoms with Crippen LogP contribution in [0.15, 0.2) is 6.33 Å². The van der Waals surface area contributed by atoms with E-state index in [0.717, 1.165) is 30.7 Å². The van der Waals surface area contributed by atoms with Crippen LogP contribution in [0.1, 0.15) is 38.4 Å². The predicted molar refractivity (Wildman–Crippen MR) is 59.2 cm³/mol. The fraction of sp³-hybridized carbons (Fsp3) is 0.818. The summed E-state index contributed by atoms with van der Waals surface area (Å²) in [4.78, 5) is 4.08. The van der Waals surface area contributed by atoms with Gasteiger partial charge in [-0.25, -0.2) is 4.98 Å². The van der Waals surface area contributed by atoms with E-state index in [1.165, 1.54) is 25.7 Å². The van der Waals surface area contributed by atoms with Crippen LogP contribution in [0.2, 0.25) is 0 Å². The van der Waals surface area contributed by atoms with E-state index in [1.807, 2.05) is 0 Å². The molecule has 1 saturated carbocycles. The molecule has 4 nitrogen and oxygen atoms in total. The van der Waals surface area contributed by atoms with Crippen LogP contribution in [0.3, 0.4) is 0 Å². The first kappa shape index (κ1) is 10.6. The quantitative estimate of drug-likeness (QED) is 0.792. The Kier molecular flexibility index (Phi) is 3.72. The number of rotatable bonds is 4. The molecule has 0 unspecified atom stereocenters. The van der Waals surface area contributed by atoms with Gasteiger partial charge in [0.25, 0.3) is 0 Å². The van der Waals surface area contributed by atoms with Crippen LogP contribution in [-0.2, 0) is 6.54 Å². The van der Waals surface area contributed by atoms with Gasteiger partial charge in [-0.2, -0.15) is 5.10 Å². The standard InChI is InChI=1S/C11H20N4/c1-9-2-4-10(5-3-9)6-12-7-11-13-8-14-15-11/h8-10,12H,2-7H2,1H3,(H,13,14,15). The van der Waals surface area contributed by atoms with Crippen molar-refractivity contribution in [2.24, 2.45) is 11.8 Å². The second-order valence-electron chi connectivity index (χ2n) is 4.69. The van der Waals surface area contributed by atoms with Crippen LogP contribution in [0.5, 0.6) is 0 Å². The van der Waals surface area contributed by atoms with Crippen LogP contribution >= 0.6 is 0 Å². The molecule has 1 heterocycles. The van der Waals surface area contributed by atoms with Gasteiger partial charge in [-0.15, -0.1) is 0 Å². The van der Waals surface area contributed by atoms with Crippen molar-refractivity contribution in [2.75, 3.05) is 6.54 Å². The molecule has 0 radical (unpaired) electrons. The Labute approximate surface area is 90.9 Å². The maximum atomic E-state index is 4.08. The van der Waals surface area contributed by atoms with Crippen LogP contribution < -0.4 is 5.32 Å². The molecule has 2 N–H and O–H groups in total. The summed E-state index contributed by atoms with van der Waals surface area (Å²) in [7, 11) is 0. The van der Waals surface area contributed by atoms with Crippen molar-refractivity contribution in [1.29, 1.82) is 0 Å². The number of nitrogens with zero attached hydrogens (tertiary/aromatic N) is 2. The van der Waals surface area contributed by atoms with Gasteiger partial charge in [0.2, 0.25) is 0 Å². The van der Waals surface area contributed by atoms with E-state index >= 15 is 0 Å². The topological polar surface area (TPSA) is 53.6 Å². The van der Waals surface area contributed by atoms with Crippen LogP contribution in [0.4, 0.5) is 0 Å². The summed E-state index contributed by atoms with van der Waals surface area (Å²) in [6.07, 6.45) is 7.11. The minimum absolute atomic E-state index is 0.812. The normalized spacial score (nSPS) is 26.7. The highest BCUT2D eigenvalue weighted by atomic mass is 15.2. The van der Waals surface area contributed by atoms with E-state index in [2.05, 4.69) is 27.4 Å². The lowest BCUT2D eigenvalue weighted by Crippen LogP contribution is -2.26. The number of aromatic nitrogens is 3. The van der Waals surface area contributed by atoms with Gasteiger partial charge in [-0.3, -0.25) is 5.10 Å². The van der Waals surface area contributed by atoms with E-state index in [4.69, 9.17) is 0 Å². The largest absolute Gasteiger partial charge is 0.310 e. The zero-order chi connectivity index (χ0) is 10.5. The Morgan fingerprint density at radius 2 is 2.20 bits per heavy atom. The molecular weight excluding hydrogens is 188 g/mol. The molecule has 0 spiro atoms. The summed E-state index contributed by atoms with van der Waals surface area (Å²) in [5.74, 6) is 2.74. The lowest BCUT2D eigenvalue weighted by molar-refractivity contribution is 0.281. The Morgan fingerprint density at radius 1 is 1.40 bits per heavy atom. The monoisotopic (exact) mass is 208 g/mol. The second-order valence-corrected chi connectivity index (χ2v) is 4.69. The van der Waals surface area contributed by atoms with E-state index in [0.29, 0.717) is 0 Å². The predicted octanol–water partition coefficient (Wildman–Crippen LogP) is 1.72. The average Bonchev–Trinajstić information content (AvgIpc) is 2.74. The van der Waals surface area contributed by atoms with Crippen molar-refractivity contribution in [3.8, 4) is 0 Å². The van der Waals surface area contributed by atoms with Crippen molar-refractivity contribution in [1.82, 2.24) is 20.5 Å². The molecule has 1 aliphatic rings. The molecule has 0 saturated heterocycles. The third kappa shape index (κ3) is 3.30. The van der Waals surface area contributed by atoms with Gasteiger partial charge in [-0.05, 0) is 31.2 Å². The maximum absolute atomic E-state index is 4.08. The van der Waals surface area contributed by atoms with E-state index in [1.54, 1.807) is 6.33 Å². The van der Waals surface area contributed by atoms with Gasteiger partial charge in [0.15, 0.2) is 0 Å². The van der Waals surface area contributed by atoms with Gasteiger partial charge < -0.3 is 5.32 Å². The summed E-state index contributed by atoms with van der Waals surface area (Å²) >= 11 is 0. The highest BCUT2D eigenvalue weighted by Crippen LogP contribution is 2.27. The molecule has 1 aliphatic carbocycles. The SMILES string of the molecule is CC1CCC(CNCc2ncn[nH]2)CC1. The summed E-state index contributed by atoms with van der Waals surface area (Å²) < 4.78 is 0. The average molecular weight is 208 g/mol. The summed E-state index contributed by atoms with van der Waals surface area (Å²) in [6.45, 7) is 4.29. The second kappa shape index (κ2) is 5.26. The van der Waals surface area contributed by atoms with Gasteiger partial charge in [0.1, 0.15) is 12.2 Å². The molecule has 84 valence electrons. The molecule has 1 aromatic heterocycles. The smallest absolute Gasteiger partial charge is 0.138 e. The zero-order valence-corrected chi connectivity index (χ0v) is 9.37. The minimum atomic E-state index is 0.812. The highest BCUT2D eigenvalue weighted by Gasteiger charge is 2.17. The first-order valence-corrected chi connectivity index (χ1v) is 5.89. The van der Waals surface area contributed by atoms with Crippen molar-refractivity contribution >= 4 is 0 Å². The summed E-state index contributed by atoms with van der Waals surface area (Å²) in [5.41, 5.74) is 0. The lowest BCUT2D eigenvalue weighted by Gasteiger charge is -2.26. The molecule has 0 bridgehead atoms. The first-order valence-electron chi connectivity index (χ1n) is 5.89. The molecule has 0 amide bonds. The van der Waals surface area contributed by atoms with E-state index in [9.17, 15) is 0 Å². The van der Waals surface area contributed by atoms with Crippen molar-refractivity contribution in [3.05, 3.63) is 12.2 Å². The molecule has 15 heavy (non-hydrogen) atoms. The van der Waals surface area contributed by atoms with Gasteiger partial charge in [0, 0.05) is 0 Å². The Bertz CT molecular complexity index is 262. The first-order chi connectivity index (χ1) is 7.34. The number of hydrogen-bond acceptors (Lipinski definition) is 3. The lowest BCUT2D eigenvalue weighted by atomic mass is 9.83. The molecule has 1 aromatic rings. The summed E-state index contributed by atoms with van der Waals surface area (Å²) in [6, 6.07) is 0. The zero-order valence-electron chi connectivity index (χ0n) is 9.37. The van der Waals surface area contributed by atoms with Crippen molar-refractivity contribution in [2.45, 2.75) is 39.2 Å². The molecular formula is C11H20N4.